The Hall–Kier alpha value is -1.83. The number of rotatable bonds is 6. The molecule has 0 saturated carbocycles. The van der Waals surface area contributed by atoms with Gasteiger partial charge in [-0.3, -0.25) is 0 Å². The minimum atomic E-state index is 0.327. The van der Waals surface area contributed by atoms with Crippen LogP contribution in [0.5, 0.6) is 0 Å². The summed E-state index contributed by atoms with van der Waals surface area (Å²) in [5, 5.41) is 8.53. The summed E-state index contributed by atoms with van der Waals surface area (Å²) in [7, 11) is 4.11. The smallest absolute Gasteiger partial charge is 0.0390 e. The van der Waals surface area contributed by atoms with Crippen LogP contribution >= 0.6 is 0 Å². The van der Waals surface area contributed by atoms with Crippen LogP contribution in [0.3, 0.4) is 0 Å². The second-order valence-electron chi connectivity index (χ2n) is 6.52. The molecule has 1 aliphatic rings. The molecule has 0 aliphatic heterocycles. The van der Waals surface area contributed by atoms with E-state index >= 15 is 0 Å². The van der Waals surface area contributed by atoms with Gasteiger partial charge in [-0.05, 0) is 44.4 Å². The van der Waals surface area contributed by atoms with Gasteiger partial charge in [0.2, 0.25) is 0 Å². The van der Waals surface area contributed by atoms with E-state index in [2.05, 4.69) is 70.1 Å². The third-order valence-electron chi connectivity index (χ3n) is 4.37. The van der Waals surface area contributed by atoms with Crippen LogP contribution in [0.15, 0.2) is 41.5 Å². The zero-order chi connectivity index (χ0) is 16.3. The molecule has 0 amide bonds. The minimum Gasteiger partial charge on any atom is -0.378 e. The second-order valence-corrected chi connectivity index (χ2v) is 6.52. The van der Waals surface area contributed by atoms with Crippen LogP contribution in [0.1, 0.15) is 57.1 Å². The number of allylic oxidation sites excluding steroid dienone is 4. The highest BCUT2D eigenvalue weighted by atomic mass is 15.1. The summed E-state index contributed by atoms with van der Waals surface area (Å²) >= 11 is 0. The van der Waals surface area contributed by atoms with E-state index in [1.54, 1.807) is 0 Å². The molecule has 1 unspecified atom stereocenters. The first-order valence-electron chi connectivity index (χ1n) is 8.19. The Morgan fingerprint density at radius 2 is 1.95 bits per heavy atom. The van der Waals surface area contributed by atoms with Gasteiger partial charge in [-0.1, -0.05) is 42.7 Å². The molecule has 1 atom stereocenters. The van der Waals surface area contributed by atoms with Crippen LogP contribution in [-0.2, 0) is 0 Å². The average molecular weight is 296 g/mol. The van der Waals surface area contributed by atoms with Gasteiger partial charge in [0, 0.05) is 37.0 Å². The lowest BCUT2D eigenvalue weighted by molar-refractivity contribution is 0.831. The van der Waals surface area contributed by atoms with E-state index in [1.807, 2.05) is 0 Å². The maximum absolute atomic E-state index is 8.53. The molecule has 2 rings (SSSR count). The lowest BCUT2D eigenvalue weighted by Crippen LogP contribution is -2.12. The molecule has 22 heavy (non-hydrogen) atoms. The fourth-order valence-corrected chi connectivity index (χ4v) is 3.07. The number of unbranched alkanes of at least 4 members (excludes halogenated alkanes) is 1. The molecule has 1 N–H and O–H groups in total. The number of hydrogen-bond donors (Lipinski definition) is 1. The van der Waals surface area contributed by atoms with Crippen molar-refractivity contribution in [2.24, 2.45) is 0 Å². The minimum absolute atomic E-state index is 0.327. The van der Waals surface area contributed by atoms with Gasteiger partial charge in [0.15, 0.2) is 0 Å². The molecule has 0 saturated heterocycles. The van der Waals surface area contributed by atoms with Crippen molar-refractivity contribution < 1.29 is 0 Å². The number of nitrogens with zero attached hydrogens (tertiary/aromatic N) is 1. The zero-order valence-electron chi connectivity index (χ0n) is 14.5. The zero-order valence-corrected chi connectivity index (χ0v) is 14.5. The second kappa shape index (κ2) is 6.95. The summed E-state index contributed by atoms with van der Waals surface area (Å²) in [5.41, 5.74) is 7.03. The quantitative estimate of drug-likeness (QED) is 0.708. The van der Waals surface area contributed by atoms with E-state index < -0.39 is 0 Å². The highest BCUT2D eigenvalue weighted by Gasteiger charge is 2.21. The summed E-state index contributed by atoms with van der Waals surface area (Å²) < 4.78 is 0. The molecule has 1 aliphatic carbocycles. The van der Waals surface area contributed by atoms with Gasteiger partial charge in [-0.25, -0.2) is 0 Å². The van der Waals surface area contributed by atoms with Crippen molar-refractivity contribution in [2.75, 3.05) is 19.0 Å². The monoisotopic (exact) mass is 296 g/mol. The third kappa shape index (κ3) is 3.49. The Labute approximate surface area is 135 Å². The van der Waals surface area contributed by atoms with Crippen molar-refractivity contribution >= 4 is 11.4 Å². The molecule has 1 aromatic rings. The van der Waals surface area contributed by atoms with Crippen molar-refractivity contribution in [3.63, 3.8) is 0 Å². The first kappa shape index (κ1) is 16.5. The Kier molecular flexibility index (Phi) is 5.23. The SMILES string of the molecule is CCCCC(=N)c1cc(N(C)C)ccc1C1C=C(C)C=C1C. The van der Waals surface area contributed by atoms with Crippen molar-refractivity contribution in [1.29, 1.82) is 5.41 Å². The molecule has 0 fully saturated rings. The van der Waals surface area contributed by atoms with E-state index in [9.17, 15) is 0 Å². The van der Waals surface area contributed by atoms with Crippen LogP contribution in [0, 0.1) is 5.41 Å². The highest BCUT2D eigenvalue weighted by Crippen LogP contribution is 2.36. The van der Waals surface area contributed by atoms with E-state index in [0.29, 0.717) is 5.92 Å². The fourth-order valence-electron chi connectivity index (χ4n) is 3.07. The number of anilines is 1. The van der Waals surface area contributed by atoms with Crippen molar-refractivity contribution in [3.05, 3.63) is 52.6 Å². The molecule has 0 aromatic heterocycles. The fraction of sp³-hybridized carbons (Fsp3) is 0.450. The van der Waals surface area contributed by atoms with Crippen LogP contribution < -0.4 is 4.90 Å². The lowest BCUT2D eigenvalue weighted by Gasteiger charge is -2.21. The average Bonchev–Trinajstić information content (AvgIpc) is 2.82. The predicted octanol–water partition coefficient (Wildman–Crippen LogP) is 5.30. The number of nitrogens with one attached hydrogen (secondary N) is 1. The maximum Gasteiger partial charge on any atom is 0.0390 e. The van der Waals surface area contributed by atoms with Crippen LogP contribution in [0.4, 0.5) is 5.69 Å². The van der Waals surface area contributed by atoms with Gasteiger partial charge >= 0.3 is 0 Å². The Balaban J connectivity index is 2.44. The first-order chi connectivity index (χ1) is 10.4. The maximum atomic E-state index is 8.53. The Morgan fingerprint density at radius 1 is 1.23 bits per heavy atom. The lowest BCUT2D eigenvalue weighted by atomic mass is 9.87. The number of hydrogen-bond acceptors (Lipinski definition) is 2. The summed E-state index contributed by atoms with van der Waals surface area (Å²) in [4.78, 5) is 2.11. The molecule has 0 radical (unpaired) electrons. The van der Waals surface area contributed by atoms with Gasteiger partial charge < -0.3 is 10.3 Å². The molecule has 118 valence electrons. The van der Waals surface area contributed by atoms with Crippen molar-refractivity contribution in [2.45, 2.75) is 46.0 Å². The van der Waals surface area contributed by atoms with Crippen LogP contribution in [0.25, 0.3) is 0 Å². The third-order valence-corrected chi connectivity index (χ3v) is 4.37. The molecule has 2 heteroatoms. The van der Waals surface area contributed by atoms with E-state index in [0.717, 1.165) is 30.5 Å². The van der Waals surface area contributed by atoms with Crippen molar-refractivity contribution in [3.8, 4) is 0 Å². The van der Waals surface area contributed by atoms with Gasteiger partial charge in [0.25, 0.3) is 0 Å². The number of benzene rings is 1. The Morgan fingerprint density at radius 3 is 2.50 bits per heavy atom. The molecule has 0 bridgehead atoms. The first-order valence-corrected chi connectivity index (χ1v) is 8.19. The van der Waals surface area contributed by atoms with E-state index in [-0.39, 0.29) is 0 Å². The highest BCUT2D eigenvalue weighted by molar-refractivity contribution is 6.00. The molecule has 0 heterocycles. The Bertz CT molecular complexity index is 621. The topological polar surface area (TPSA) is 27.1 Å². The van der Waals surface area contributed by atoms with Crippen molar-refractivity contribution in [1.82, 2.24) is 0 Å². The molecular formula is C20H28N2. The van der Waals surface area contributed by atoms with E-state index in [4.69, 9.17) is 5.41 Å². The largest absolute Gasteiger partial charge is 0.378 e. The normalized spacial score (nSPS) is 17.2. The summed E-state index contributed by atoms with van der Waals surface area (Å²) in [6, 6.07) is 6.56. The van der Waals surface area contributed by atoms with E-state index in [1.165, 1.54) is 22.4 Å². The van der Waals surface area contributed by atoms with Gasteiger partial charge in [0.05, 0.1) is 0 Å². The molecule has 0 spiro atoms. The summed E-state index contributed by atoms with van der Waals surface area (Å²) in [6.07, 6.45) is 7.64. The van der Waals surface area contributed by atoms with Gasteiger partial charge in [-0.15, -0.1) is 0 Å². The summed E-state index contributed by atoms with van der Waals surface area (Å²) in [5.74, 6) is 0.327. The standard InChI is InChI=1S/C20H28N2/c1-6-7-8-20(21)19-13-16(22(4)5)9-10-17(19)18-12-14(2)11-15(18)3/h9-13,18,21H,6-8H2,1-5H3. The predicted molar refractivity (Wildman–Crippen MR) is 97.4 cm³/mol. The van der Waals surface area contributed by atoms with Gasteiger partial charge in [-0.2, -0.15) is 0 Å². The summed E-state index contributed by atoms with van der Waals surface area (Å²) in [6.45, 7) is 6.52. The van der Waals surface area contributed by atoms with Crippen LogP contribution in [-0.4, -0.2) is 19.8 Å². The van der Waals surface area contributed by atoms with Gasteiger partial charge in [0.1, 0.15) is 0 Å². The molecule has 2 nitrogen and oxygen atoms in total. The molecule has 1 aromatic carbocycles. The van der Waals surface area contributed by atoms with Crippen LogP contribution in [0.2, 0.25) is 0 Å². The molecular weight excluding hydrogens is 268 g/mol.